The molecule has 4 heteroatoms. The summed E-state index contributed by atoms with van der Waals surface area (Å²) in [6.45, 7) is 2.96. The van der Waals surface area contributed by atoms with Crippen molar-refractivity contribution in [3.63, 3.8) is 0 Å². The predicted octanol–water partition coefficient (Wildman–Crippen LogP) is 2.66. The fourth-order valence-electron chi connectivity index (χ4n) is 1.19. The Morgan fingerprint density at radius 3 is 2.93 bits per heavy atom. The summed E-state index contributed by atoms with van der Waals surface area (Å²) in [5.41, 5.74) is 0.236. The van der Waals surface area contributed by atoms with Crippen LogP contribution in [0.25, 0.3) is 0 Å². The van der Waals surface area contributed by atoms with Gasteiger partial charge in [0, 0.05) is 5.56 Å². The van der Waals surface area contributed by atoms with Crippen molar-refractivity contribution >= 4 is 17.4 Å². The summed E-state index contributed by atoms with van der Waals surface area (Å²) in [5, 5.41) is 3.24. The first-order valence-corrected chi connectivity index (χ1v) is 5.22. The molecule has 1 rings (SSSR count). The van der Waals surface area contributed by atoms with E-state index < -0.39 is 5.82 Å². The van der Waals surface area contributed by atoms with Gasteiger partial charge >= 0.3 is 0 Å². The van der Waals surface area contributed by atoms with Crippen molar-refractivity contribution in [2.75, 3.05) is 13.1 Å². The smallest absolute Gasteiger partial charge is 0.178 e. The second-order valence-corrected chi connectivity index (χ2v) is 3.63. The molecular weight excluding hydrogens is 217 g/mol. The molecule has 15 heavy (non-hydrogen) atoms. The Morgan fingerprint density at radius 2 is 2.27 bits per heavy atom. The van der Waals surface area contributed by atoms with Crippen LogP contribution >= 0.6 is 11.6 Å². The van der Waals surface area contributed by atoms with E-state index in [4.69, 9.17) is 11.6 Å². The van der Waals surface area contributed by atoms with Crippen molar-refractivity contribution < 1.29 is 9.18 Å². The number of halogens is 2. The molecule has 0 aliphatic heterocycles. The molecule has 0 spiro atoms. The first kappa shape index (κ1) is 12.1. The van der Waals surface area contributed by atoms with E-state index in [-0.39, 0.29) is 17.9 Å². The van der Waals surface area contributed by atoms with Gasteiger partial charge in [0.05, 0.1) is 11.6 Å². The van der Waals surface area contributed by atoms with E-state index in [1.165, 1.54) is 12.1 Å². The van der Waals surface area contributed by atoms with Crippen molar-refractivity contribution in [2.24, 2.45) is 0 Å². The predicted molar refractivity (Wildman–Crippen MR) is 58.9 cm³/mol. The Labute approximate surface area is 93.4 Å². The number of carbonyl (C=O) groups is 1. The molecule has 0 radical (unpaired) electrons. The lowest BCUT2D eigenvalue weighted by molar-refractivity contribution is 0.0991. The highest BCUT2D eigenvalue weighted by Crippen LogP contribution is 2.17. The molecule has 2 nitrogen and oxygen atoms in total. The molecule has 0 aromatic heterocycles. The summed E-state index contributed by atoms with van der Waals surface area (Å²) in [5.74, 6) is -0.633. The Morgan fingerprint density at radius 1 is 1.53 bits per heavy atom. The van der Waals surface area contributed by atoms with Gasteiger partial charge in [-0.3, -0.25) is 4.79 Å². The summed E-state index contributed by atoms with van der Waals surface area (Å²) >= 11 is 5.79. The maximum Gasteiger partial charge on any atom is 0.178 e. The van der Waals surface area contributed by atoms with Crippen LogP contribution in [-0.2, 0) is 0 Å². The van der Waals surface area contributed by atoms with Gasteiger partial charge in [0.2, 0.25) is 0 Å². The Balaban J connectivity index is 2.68. The largest absolute Gasteiger partial charge is 0.310 e. The van der Waals surface area contributed by atoms with Crippen molar-refractivity contribution in [3.05, 3.63) is 34.6 Å². The number of carbonyl (C=O) groups excluding carboxylic acids is 1. The SMILES string of the molecule is CCCNCC(=O)c1cc(F)ccc1Cl. The molecule has 0 fully saturated rings. The van der Waals surface area contributed by atoms with Gasteiger partial charge in [-0.15, -0.1) is 0 Å². The molecule has 0 bridgehead atoms. The first-order chi connectivity index (χ1) is 7.15. The van der Waals surface area contributed by atoms with Crippen LogP contribution < -0.4 is 5.32 Å². The standard InChI is InChI=1S/C11H13ClFNO/c1-2-5-14-7-11(15)9-6-8(13)3-4-10(9)12/h3-4,6,14H,2,5,7H2,1H3. The monoisotopic (exact) mass is 229 g/mol. The van der Waals surface area contributed by atoms with E-state index in [0.717, 1.165) is 19.0 Å². The highest BCUT2D eigenvalue weighted by molar-refractivity contribution is 6.34. The van der Waals surface area contributed by atoms with Gasteiger partial charge in [0.15, 0.2) is 5.78 Å². The summed E-state index contributed by atoms with van der Waals surface area (Å²) in [6.07, 6.45) is 0.949. The van der Waals surface area contributed by atoms with Gasteiger partial charge in [-0.1, -0.05) is 18.5 Å². The normalized spacial score (nSPS) is 10.3. The van der Waals surface area contributed by atoms with Crippen molar-refractivity contribution in [1.29, 1.82) is 0 Å². The number of ketones is 1. The minimum Gasteiger partial charge on any atom is -0.310 e. The third kappa shape index (κ3) is 3.61. The maximum absolute atomic E-state index is 12.9. The van der Waals surface area contributed by atoms with Gasteiger partial charge in [-0.2, -0.15) is 0 Å². The average molecular weight is 230 g/mol. The van der Waals surface area contributed by atoms with Crippen molar-refractivity contribution in [2.45, 2.75) is 13.3 Å². The van der Waals surface area contributed by atoms with Gasteiger partial charge in [-0.05, 0) is 31.2 Å². The van der Waals surface area contributed by atoms with E-state index in [0.29, 0.717) is 5.02 Å². The Kier molecular flexibility index (Phi) is 4.72. The molecule has 0 unspecified atom stereocenters. The maximum atomic E-state index is 12.9. The summed E-state index contributed by atoms with van der Waals surface area (Å²) in [7, 11) is 0. The lowest BCUT2D eigenvalue weighted by Gasteiger charge is -2.04. The van der Waals surface area contributed by atoms with E-state index in [1.54, 1.807) is 0 Å². The average Bonchev–Trinajstić information content (AvgIpc) is 2.22. The molecular formula is C11H13ClFNO. The number of Topliss-reactive ketones (excluding diaryl/α,β-unsaturated/α-hetero) is 1. The highest BCUT2D eigenvalue weighted by atomic mass is 35.5. The zero-order chi connectivity index (χ0) is 11.3. The molecule has 0 saturated carbocycles. The minimum absolute atomic E-state index is 0.187. The Bertz CT molecular complexity index is 354. The second-order valence-electron chi connectivity index (χ2n) is 3.22. The number of benzene rings is 1. The van der Waals surface area contributed by atoms with Gasteiger partial charge in [0.1, 0.15) is 5.82 Å². The molecule has 1 aromatic carbocycles. The second kappa shape index (κ2) is 5.83. The molecule has 0 amide bonds. The minimum atomic E-state index is -0.446. The molecule has 0 heterocycles. The third-order valence-electron chi connectivity index (χ3n) is 1.94. The van der Waals surface area contributed by atoms with Crippen LogP contribution in [0.4, 0.5) is 4.39 Å². The first-order valence-electron chi connectivity index (χ1n) is 4.84. The van der Waals surface area contributed by atoms with Crippen LogP contribution in [0, 0.1) is 5.82 Å². The van der Waals surface area contributed by atoms with Gasteiger partial charge < -0.3 is 5.32 Å². The quantitative estimate of drug-likeness (QED) is 0.621. The number of hydrogen-bond donors (Lipinski definition) is 1. The van der Waals surface area contributed by atoms with Crippen LogP contribution in [0.15, 0.2) is 18.2 Å². The van der Waals surface area contributed by atoms with Crippen LogP contribution in [0.5, 0.6) is 0 Å². The van der Waals surface area contributed by atoms with Crippen molar-refractivity contribution in [3.8, 4) is 0 Å². The molecule has 0 aliphatic rings. The van der Waals surface area contributed by atoms with E-state index in [1.807, 2.05) is 6.92 Å². The fraction of sp³-hybridized carbons (Fsp3) is 0.364. The molecule has 0 aliphatic carbocycles. The Hall–Kier alpha value is -0.930. The number of hydrogen-bond acceptors (Lipinski definition) is 2. The molecule has 1 aromatic rings. The number of rotatable bonds is 5. The van der Waals surface area contributed by atoms with E-state index >= 15 is 0 Å². The van der Waals surface area contributed by atoms with Gasteiger partial charge in [-0.25, -0.2) is 4.39 Å². The third-order valence-corrected chi connectivity index (χ3v) is 2.27. The zero-order valence-electron chi connectivity index (χ0n) is 8.52. The van der Waals surface area contributed by atoms with Crippen molar-refractivity contribution in [1.82, 2.24) is 5.32 Å². The fourth-order valence-corrected chi connectivity index (χ4v) is 1.41. The molecule has 82 valence electrons. The lowest BCUT2D eigenvalue weighted by Crippen LogP contribution is -2.23. The lowest BCUT2D eigenvalue weighted by atomic mass is 10.1. The molecule has 1 N–H and O–H groups in total. The van der Waals surface area contributed by atoms with Crippen LogP contribution in [0.1, 0.15) is 23.7 Å². The van der Waals surface area contributed by atoms with E-state index in [2.05, 4.69) is 5.32 Å². The van der Waals surface area contributed by atoms with Crippen LogP contribution in [0.3, 0.4) is 0 Å². The number of nitrogens with one attached hydrogen (secondary N) is 1. The molecule has 0 atom stereocenters. The van der Waals surface area contributed by atoms with Crippen LogP contribution in [0.2, 0.25) is 5.02 Å². The zero-order valence-corrected chi connectivity index (χ0v) is 9.27. The summed E-state index contributed by atoms with van der Waals surface area (Å²) in [4.78, 5) is 11.6. The summed E-state index contributed by atoms with van der Waals surface area (Å²) < 4.78 is 12.9. The van der Waals surface area contributed by atoms with Gasteiger partial charge in [0.25, 0.3) is 0 Å². The van der Waals surface area contributed by atoms with Crippen LogP contribution in [-0.4, -0.2) is 18.9 Å². The highest BCUT2D eigenvalue weighted by Gasteiger charge is 2.10. The topological polar surface area (TPSA) is 29.1 Å². The summed E-state index contributed by atoms with van der Waals surface area (Å²) in [6, 6.07) is 3.79. The molecule has 0 saturated heterocycles. The van der Waals surface area contributed by atoms with E-state index in [9.17, 15) is 9.18 Å².